The van der Waals surface area contributed by atoms with Crippen molar-refractivity contribution in [2.24, 2.45) is 5.92 Å². The molecular formula is C13H18N4O3. The summed E-state index contributed by atoms with van der Waals surface area (Å²) < 4.78 is 0. The Morgan fingerprint density at radius 3 is 3.00 bits per heavy atom. The minimum absolute atomic E-state index is 0.00319. The lowest BCUT2D eigenvalue weighted by Crippen LogP contribution is -2.51. The lowest BCUT2D eigenvalue weighted by atomic mass is 10.0. The number of fused-ring (bicyclic) bond motifs is 1. The van der Waals surface area contributed by atoms with Crippen LogP contribution < -0.4 is 10.6 Å². The second-order valence-electron chi connectivity index (χ2n) is 5.52. The molecule has 2 heterocycles. The molecule has 3 rings (SSSR count). The number of H-pyrrole nitrogens is 1. The van der Waals surface area contributed by atoms with Crippen molar-refractivity contribution < 1.29 is 14.7 Å². The number of imidazole rings is 1. The van der Waals surface area contributed by atoms with Crippen molar-refractivity contribution in [1.29, 1.82) is 0 Å². The molecule has 20 heavy (non-hydrogen) atoms. The van der Waals surface area contributed by atoms with Crippen LogP contribution in [-0.2, 0) is 22.6 Å². The maximum Gasteiger partial charge on any atom is 0.305 e. The molecule has 2 unspecified atom stereocenters. The van der Waals surface area contributed by atoms with Crippen LogP contribution in [0.2, 0.25) is 0 Å². The number of hydrogen-bond donors (Lipinski definition) is 4. The lowest BCUT2D eigenvalue weighted by Gasteiger charge is -2.25. The third kappa shape index (κ3) is 2.82. The quantitative estimate of drug-likeness (QED) is 0.596. The lowest BCUT2D eigenvalue weighted by molar-refractivity contribution is -0.138. The van der Waals surface area contributed by atoms with Crippen LogP contribution in [0, 0.1) is 5.92 Å². The third-order valence-corrected chi connectivity index (χ3v) is 3.96. The van der Waals surface area contributed by atoms with Gasteiger partial charge in [0.05, 0.1) is 30.2 Å². The van der Waals surface area contributed by atoms with E-state index < -0.39 is 5.97 Å². The number of aromatic amines is 1. The zero-order valence-corrected chi connectivity index (χ0v) is 11.1. The molecule has 1 aromatic heterocycles. The summed E-state index contributed by atoms with van der Waals surface area (Å²) in [7, 11) is 0. The minimum Gasteiger partial charge on any atom is -0.481 e. The van der Waals surface area contributed by atoms with E-state index in [9.17, 15) is 9.59 Å². The van der Waals surface area contributed by atoms with Gasteiger partial charge in [0.25, 0.3) is 0 Å². The van der Waals surface area contributed by atoms with Gasteiger partial charge in [-0.3, -0.25) is 14.9 Å². The van der Waals surface area contributed by atoms with Crippen LogP contribution in [0.3, 0.4) is 0 Å². The van der Waals surface area contributed by atoms with Gasteiger partial charge in [0, 0.05) is 19.0 Å². The first-order valence-electron chi connectivity index (χ1n) is 6.90. The second-order valence-corrected chi connectivity index (χ2v) is 5.52. The molecular weight excluding hydrogens is 260 g/mol. The molecule has 1 aromatic rings. The van der Waals surface area contributed by atoms with Crippen molar-refractivity contribution in [2.45, 2.75) is 44.3 Å². The molecule has 1 aliphatic carbocycles. The molecule has 2 aliphatic rings. The molecule has 4 N–H and O–H groups in total. The Bertz CT molecular complexity index is 523. The summed E-state index contributed by atoms with van der Waals surface area (Å²) in [6.45, 7) is 0.584. The monoisotopic (exact) mass is 278 g/mol. The van der Waals surface area contributed by atoms with E-state index in [0.717, 1.165) is 24.2 Å². The van der Waals surface area contributed by atoms with Gasteiger partial charge in [0.15, 0.2) is 0 Å². The van der Waals surface area contributed by atoms with Crippen LogP contribution in [-0.4, -0.2) is 39.0 Å². The third-order valence-electron chi connectivity index (χ3n) is 3.96. The largest absolute Gasteiger partial charge is 0.481 e. The Morgan fingerprint density at radius 2 is 2.30 bits per heavy atom. The molecule has 7 nitrogen and oxygen atoms in total. The van der Waals surface area contributed by atoms with Gasteiger partial charge >= 0.3 is 5.97 Å². The van der Waals surface area contributed by atoms with Crippen LogP contribution in [0.5, 0.6) is 0 Å². The van der Waals surface area contributed by atoms with E-state index in [4.69, 9.17) is 5.11 Å². The smallest absolute Gasteiger partial charge is 0.305 e. The molecule has 1 aliphatic heterocycles. The maximum absolute atomic E-state index is 12.2. The van der Waals surface area contributed by atoms with E-state index >= 15 is 0 Å². The molecule has 1 fully saturated rings. The fourth-order valence-electron chi connectivity index (χ4n) is 2.66. The zero-order chi connectivity index (χ0) is 14.1. The van der Waals surface area contributed by atoms with E-state index in [0.29, 0.717) is 18.9 Å². The molecule has 108 valence electrons. The Morgan fingerprint density at radius 1 is 1.50 bits per heavy atom. The number of nitrogens with one attached hydrogen (secondary N) is 3. The van der Waals surface area contributed by atoms with Crippen LogP contribution in [0.1, 0.15) is 30.7 Å². The molecule has 0 bridgehead atoms. The van der Waals surface area contributed by atoms with Crippen molar-refractivity contribution in [3.05, 3.63) is 17.7 Å². The Balaban J connectivity index is 1.60. The summed E-state index contributed by atoms with van der Waals surface area (Å²) in [5.41, 5.74) is 1.92. The fraction of sp³-hybridized carbons (Fsp3) is 0.615. The number of carboxylic acids is 1. The van der Waals surface area contributed by atoms with Gasteiger partial charge < -0.3 is 15.4 Å². The number of carbonyl (C=O) groups excluding carboxylic acids is 1. The number of aromatic nitrogens is 2. The highest BCUT2D eigenvalue weighted by molar-refractivity contribution is 5.83. The molecule has 1 amide bonds. The van der Waals surface area contributed by atoms with E-state index in [1.54, 1.807) is 6.33 Å². The normalized spacial score (nSPS) is 22.9. The summed E-state index contributed by atoms with van der Waals surface area (Å²) in [5.74, 6) is -0.676. The number of nitrogens with zero attached hydrogens (tertiary/aromatic N) is 1. The number of rotatable bonds is 5. The molecule has 1 saturated carbocycles. The van der Waals surface area contributed by atoms with Crippen molar-refractivity contribution in [3.8, 4) is 0 Å². The van der Waals surface area contributed by atoms with E-state index in [1.165, 1.54) is 0 Å². The molecule has 0 saturated heterocycles. The van der Waals surface area contributed by atoms with Gasteiger partial charge in [0.1, 0.15) is 0 Å². The predicted molar refractivity (Wildman–Crippen MR) is 69.8 cm³/mol. The van der Waals surface area contributed by atoms with Gasteiger partial charge in [-0.25, -0.2) is 4.98 Å². The number of carbonyl (C=O) groups is 2. The minimum atomic E-state index is -0.867. The topological polar surface area (TPSA) is 107 Å². The molecule has 0 aromatic carbocycles. The fourth-order valence-corrected chi connectivity index (χ4v) is 2.66. The van der Waals surface area contributed by atoms with Gasteiger partial charge in [-0.2, -0.15) is 0 Å². The summed E-state index contributed by atoms with van der Waals surface area (Å²) >= 11 is 0. The maximum atomic E-state index is 12.2. The van der Waals surface area contributed by atoms with E-state index in [1.807, 2.05) is 0 Å². The van der Waals surface area contributed by atoms with Gasteiger partial charge in [-0.15, -0.1) is 0 Å². The number of carboxylic acid groups (broad SMARTS) is 1. The highest BCUT2D eigenvalue weighted by atomic mass is 16.4. The van der Waals surface area contributed by atoms with Crippen molar-refractivity contribution in [3.63, 3.8) is 0 Å². The second kappa shape index (κ2) is 5.24. The molecule has 7 heteroatoms. The van der Waals surface area contributed by atoms with Crippen LogP contribution in [0.15, 0.2) is 6.33 Å². The number of hydrogen-bond acceptors (Lipinski definition) is 4. The van der Waals surface area contributed by atoms with Crippen LogP contribution >= 0.6 is 0 Å². The highest BCUT2D eigenvalue weighted by Gasteiger charge is 2.35. The predicted octanol–water partition coefficient (Wildman–Crippen LogP) is -0.206. The number of amides is 1. The summed E-state index contributed by atoms with van der Waals surface area (Å²) in [4.78, 5) is 30.3. The van der Waals surface area contributed by atoms with Crippen LogP contribution in [0.4, 0.5) is 0 Å². The first kappa shape index (κ1) is 13.1. The van der Waals surface area contributed by atoms with Gasteiger partial charge in [-0.05, 0) is 18.8 Å². The molecule has 2 atom stereocenters. The highest BCUT2D eigenvalue weighted by Crippen LogP contribution is 2.34. The zero-order valence-electron chi connectivity index (χ0n) is 11.1. The SMILES string of the molecule is O=C(O)CC(NC(=O)C1Cc2nc[nH]c2CN1)C1CC1. The Kier molecular flexibility index (Phi) is 3.43. The average Bonchev–Trinajstić information content (AvgIpc) is 3.15. The number of aliphatic carboxylic acids is 1. The van der Waals surface area contributed by atoms with E-state index in [2.05, 4.69) is 20.6 Å². The Labute approximate surface area is 116 Å². The average molecular weight is 278 g/mol. The summed E-state index contributed by atoms with van der Waals surface area (Å²) in [5, 5.41) is 14.9. The van der Waals surface area contributed by atoms with Crippen molar-refractivity contribution in [2.75, 3.05) is 0 Å². The van der Waals surface area contributed by atoms with Gasteiger partial charge in [-0.1, -0.05) is 0 Å². The molecule has 0 radical (unpaired) electrons. The van der Waals surface area contributed by atoms with Crippen LogP contribution in [0.25, 0.3) is 0 Å². The van der Waals surface area contributed by atoms with Crippen molar-refractivity contribution in [1.82, 2.24) is 20.6 Å². The van der Waals surface area contributed by atoms with Crippen molar-refractivity contribution >= 4 is 11.9 Å². The standard InChI is InChI=1S/C13H18N4O3/c18-12(19)4-8(7-1-2-7)17-13(20)10-3-9-11(5-14-10)16-6-15-9/h6-8,10,14H,1-5H2,(H,15,16)(H,17,20)(H,18,19). The first-order valence-corrected chi connectivity index (χ1v) is 6.90. The summed E-state index contributed by atoms with van der Waals surface area (Å²) in [6.07, 6.45) is 4.16. The van der Waals surface area contributed by atoms with E-state index in [-0.39, 0.29) is 24.4 Å². The Hall–Kier alpha value is -1.89. The van der Waals surface area contributed by atoms with Gasteiger partial charge in [0.2, 0.25) is 5.91 Å². The molecule has 0 spiro atoms. The first-order chi connectivity index (χ1) is 9.63. The summed E-state index contributed by atoms with van der Waals surface area (Å²) in [6, 6.07) is -0.580.